The van der Waals surface area contributed by atoms with Gasteiger partial charge in [-0.3, -0.25) is 14.5 Å². The summed E-state index contributed by atoms with van der Waals surface area (Å²) in [6, 6.07) is 0.229. The topological polar surface area (TPSA) is 69.6 Å². The Hall–Kier alpha value is -1.10. The predicted octanol–water partition coefficient (Wildman–Crippen LogP) is 0.944. The van der Waals surface area contributed by atoms with E-state index in [4.69, 9.17) is 5.11 Å². The Bertz CT molecular complexity index is 303. The molecular weight excluding hydrogens is 232 g/mol. The fourth-order valence-corrected chi connectivity index (χ4v) is 2.49. The molecule has 1 rings (SSSR count). The molecule has 18 heavy (non-hydrogen) atoms. The van der Waals surface area contributed by atoms with Gasteiger partial charge in [0, 0.05) is 19.1 Å². The quantitative estimate of drug-likeness (QED) is 0.742. The summed E-state index contributed by atoms with van der Waals surface area (Å²) in [5, 5.41) is 12.0. The van der Waals surface area contributed by atoms with Crippen molar-refractivity contribution in [2.45, 2.75) is 39.7 Å². The molecule has 0 aromatic rings. The molecule has 0 unspecified atom stereocenters. The zero-order chi connectivity index (χ0) is 13.7. The Morgan fingerprint density at radius 1 is 1.33 bits per heavy atom. The lowest BCUT2D eigenvalue weighted by Crippen LogP contribution is -2.41. The maximum atomic E-state index is 11.8. The molecule has 104 valence electrons. The van der Waals surface area contributed by atoms with Crippen LogP contribution < -0.4 is 5.32 Å². The van der Waals surface area contributed by atoms with E-state index in [-0.39, 0.29) is 23.8 Å². The highest BCUT2D eigenvalue weighted by Crippen LogP contribution is 2.22. The third kappa shape index (κ3) is 3.98. The van der Waals surface area contributed by atoms with Crippen LogP contribution in [0.25, 0.3) is 0 Å². The van der Waals surface area contributed by atoms with Crippen molar-refractivity contribution in [2.24, 2.45) is 11.8 Å². The van der Waals surface area contributed by atoms with Crippen LogP contribution in [0.15, 0.2) is 0 Å². The number of hydrogen-bond acceptors (Lipinski definition) is 3. The molecule has 0 radical (unpaired) electrons. The van der Waals surface area contributed by atoms with E-state index in [1.54, 1.807) is 0 Å². The van der Waals surface area contributed by atoms with Crippen LogP contribution in [0.2, 0.25) is 0 Å². The maximum absolute atomic E-state index is 11.8. The van der Waals surface area contributed by atoms with Crippen molar-refractivity contribution in [3.8, 4) is 0 Å². The Balaban J connectivity index is 2.40. The maximum Gasteiger partial charge on any atom is 0.308 e. The first kappa shape index (κ1) is 15.0. The number of carboxylic acid groups (broad SMARTS) is 1. The Morgan fingerprint density at radius 3 is 2.39 bits per heavy atom. The Labute approximate surface area is 109 Å². The molecule has 5 nitrogen and oxygen atoms in total. The Kier molecular flexibility index (Phi) is 5.59. The second-order valence-electron chi connectivity index (χ2n) is 5.20. The molecule has 1 amide bonds. The first-order chi connectivity index (χ1) is 8.47. The SMILES string of the molecule is CCC(CC)NC(=O)CN1C[C@@H](C)[C@H](C(=O)O)C1. The van der Waals surface area contributed by atoms with Crippen molar-refractivity contribution in [3.05, 3.63) is 0 Å². The van der Waals surface area contributed by atoms with Gasteiger partial charge in [-0.1, -0.05) is 20.8 Å². The fourth-order valence-electron chi connectivity index (χ4n) is 2.49. The van der Waals surface area contributed by atoms with Gasteiger partial charge in [-0.15, -0.1) is 0 Å². The first-order valence-corrected chi connectivity index (χ1v) is 6.72. The van der Waals surface area contributed by atoms with E-state index in [9.17, 15) is 9.59 Å². The molecular formula is C13H24N2O3. The Morgan fingerprint density at radius 2 is 1.94 bits per heavy atom. The van der Waals surface area contributed by atoms with Crippen LogP contribution in [-0.4, -0.2) is 47.6 Å². The molecule has 2 N–H and O–H groups in total. The highest BCUT2D eigenvalue weighted by atomic mass is 16.4. The van der Waals surface area contributed by atoms with Crippen LogP contribution in [0.5, 0.6) is 0 Å². The highest BCUT2D eigenvalue weighted by molar-refractivity contribution is 5.78. The molecule has 5 heteroatoms. The van der Waals surface area contributed by atoms with E-state index in [0.29, 0.717) is 19.6 Å². The molecule has 1 heterocycles. The fraction of sp³-hybridized carbons (Fsp3) is 0.846. The summed E-state index contributed by atoms with van der Waals surface area (Å²) in [7, 11) is 0. The van der Waals surface area contributed by atoms with Gasteiger partial charge in [-0.25, -0.2) is 0 Å². The second kappa shape index (κ2) is 6.73. The zero-order valence-electron chi connectivity index (χ0n) is 11.5. The number of carboxylic acids is 1. The third-order valence-corrected chi connectivity index (χ3v) is 3.72. The van der Waals surface area contributed by atoms with Crippen molar-refractivity contribution in [1.82, 2.24) is 10.2 Å². The number of nitrogens with zero attached hydrogens (tertiary/aromatic N) is 1. The number of likely N-dealkylation sites (tertiary alicyclic amines) is 1. The van der Waals surface area contributed by atoms with Crippen LogP contribution in [0.3, 0.4) is 0 Å². The van der Waals surface area contributed by atoms with Gasteiger partial charge in [0.2, 0.25) is 5.91 Å². The van der Waals surface area contributed by atoms with Crippen LogP contribution in [0, 0.1) is 11.8 Å². The molecule has 1 aliphatic heterocycles. The molecule has 0 spiro atoms. The molecule has 0 aromatic heterocycles. The summed E-state index contributed by atoms with van der Waals surface area (Å²) in [4.78, 5) is 24.7. The van der Waals surface area contributed by atoms with Gasteiger partial charge in [-0.2, -0.15) is 0 Å². The summed E-state index contributed by atoms with van der Waals surface area (Å²) in [5.41, 5.74) is 0. The van der Waals surface area contributed by atoms with E-state index >= 15 is 0 Å². The van der Waals surface area contributed by atoms with E-state index in [2.05, 4.69) is 5.32 Å². The minimum atomic E-state index is -0.759. The lowest BCUT2D eigenvalue weighted by atomic mass is 9.99. The number of rotatable bonds is 6. The number of aliphatic carboxylic acids is 1. The van der Waals surface area contributed by atoms with Crippen molar-refractivity contribution in [1.29, 1.82) is 0 Å². The molecule has 1 aliphatic rings. The van der Waals surface area contributed by atoms with E-state index < -0.39 is 5.97 Å². The minimum Gasteiger partial charge on any atom is -0.481 e. The largest absolute Gasteiger partial charge is 0.481 e. The summed E-state index contributed by atoms with van der Waals surface area (Å²) in [6.07, 6.45) is 1.85. The average Bonchev–Trinajstić information content (AvgIpc) is 2.67. The molecule has 0 saturated carbocycles. The van der Waals surface area contributed by atoms with Gasteiger partial charge >= 0.3 is 5.97 Å². The molecule has 1 fully saturated rings. The third-order valence-electron chi connectivity index (χ3n) is 3.72. The molecule has 0 aromatic carbocycles. The predicted molar refractivity (Wildman–Crippen MR) is 69.2 cm³/mol. The average molecular weight is 256 g/mol. The minimum absolute atomic E-state index is 0.00180. The summed E-state index contributed by atoms with van der Waals surface area (Å²) < 4.78 is 0. The molecule has 1 saturated heterocycles. The molecule has 2 atom stereocenters. The lowest BCUT2D eigenvalue weighted by Gasteiger charge is -2.19. The standard InChI is InChI=1S/C13H24N2O3/c1-4-10(5-2)14-12(16)8-15-6-9(3)11(7-15)13(17)18/h9-11H,4-8H2,1-3H3,(H,14,16)(H,17,18)/t9-,11-/m1/s1. The first-order valence-electron chi connectivity index (χ1n) is 6.72. The van der Waals surface area contributed by atoms with Gasteiger partial charge in [0.15, 0.2) is 0 Å². The van der Waals surface area contributed by atoms with Crippen molar-refractivity contribution in [2.75, 3.05) is 19.6 Å². The number of carbonyl (C=O) groups is 2. The normalized spacial score (nSPS) is 24.4. The van der Waals surface area contributed by atoms with Crippen LogP contribution in [0.1, 0.15) is 33.6 Å². The summed E-state index contributed by atoms with van der Waals surface area (Å²) in [6.45, 7) is 7.50. The van der Waals surface area contributed by atoms with Gasteiger partial charge in [0.25, 0.3) is 0 Å². The van der Waals surface area contributed by atoms with Gasteiger partial charge in [-0.05, 0) is 18.8 Å². The van der Waals surface area contributed by atoms with E-state index in [0.717, 1.165) is 12.8 Å². The van der Waals surface area contributed by atoms with Crippen molar-refractivity contribution >= 4 is 11.9 Å². The van der Waals surface area contributed by atoms with Crippen molar-refractivity contribution in [3.63, 3.8) is 0 Å². The second-order valence-corrected chi connectivity index (χ2v) is 5.20. The number of hydrogen-bond donors (Lipinski definition) is 2. The highest BCUT2D eigenvalue weighted by Gasteiger charge is 2.35. The summed E-state index contributed by atoms with van der Waals surface area (Å²) in [5.74, 6) is -0.985. The van der Waals surface area contributed by atoms with Crippen LogP contribution in [0.4, 0.5) is 0 Å². The smallest absolute Gasteiger partial charge is 0.308 e. The van der Waals surface area contributed by atoms with Crippen LogP contribution in [-0.2, 0) is 9.59 Å². The van der Waals surface area contributed by atoms with E-state index in [1.165, 1.54) is 0 Å². The number of amides is 1. The molecule has 0 bridgehead atoms. The summed E-state index contributed by atoms with van der Waals surface area (Å²) >= 11 is 0. The van der Waals surface area contributed by atoms with Crippen LogP contribution >= 0.6 is 0 Å². The molecule has 0 aliphatic carbocycles. The van der Waals surface area contributed by atoms with Gasteiger partial charge in [0.05, 0.1) is 12.5 Å². The lowest BCUT2D eigenvalue weighted by molar-refractivity contribution is -0.142. The van der Waals surface area contributed by atoms with E-state index in [1.807, 2.05) is 25.7 Å². The monoisotopic (exact) mass is 256 g/mol. The van der Waals surface area contributed by atoms with Gasteiger partial charge < -0.3 is 10.4 Å². The number of nitrogens with one attached hydrogen (secondary N) is 1. The van der Waals surface area contributed by atoms with Crippen molar-refractivity contribution < 1.29 is 14.7 Å². The van der Waals surface area contributed by atoms with Gasteiger partial charge in [0.1, 0.15) is 0 Å². The number of carbonyl (C=O) groups excluding carboxylic acids is 1. The zero-order valence-corrected chi connectivity index (χ0v) is 11.5.